The molecule has 2 aliphatic rings. The average molecular weight is 803 g/mol. The Labute approximate surface area is 354 Å². The van der Waals surface area contributed by atoms with Crippen LogP contribution >= 0.6 is 22.7 Å². The zero-order valence-electron chi connectivity index (χ0n) is 33.2. The maximum atomic E-state index is 6.89. The van der Waals surface area contributed by atoms with Gasteiger partial charge >= 0.3 is 6.85 Å². The van der Waals surface area contributed by atoms with E-state index >= 15 is 0 Å². The number of furan rings is 1. The monoisotopic (exact) mass is 802 g/mol. The van der Waals surface area contributed by atoms with Crippen LogP contribution in [-0.2, 0) is 5.41 Å². The Bertz CT molecular complexity index is 3840. The van der Waals surface area contributed by atoms with Crippen LogP contribution in [0.15, 0.2) is 162 Å². The first-order chi connectivity index (χ1) is 29.4. The van der Waals surface area contributed by atoms with Gasteiger partial charge in [0.05, 0.1) is 21.6 Å². The van der Waals surface area contributed by atoms with Gasteiger partial charge in [-0.05, 0) is 104 Å². The fourth-order valence-corrected chi connectivity index (χ4v) is 13.1. The van der Waals surface area contributed by atoms with Gasteiger partial charge in [-0.3, -0.25) is 0 Å². The fourth-order valence-electron chi connectivity index (χ4n) is 10.7. The molecule has 3 nitrogen and oxygen atoms in total. The molecular formula is C54H35BN2OS2. The van der Waals surface area contributed by atoms with E-state index in [9.17, 15) is 0 Å². The molecule has 0 fully saturated rings. The number of anilines is 3. The van der Waals surface area contributed by atoms with Crippen LogP contribution < -0.4 is 15.8 Å². The zero-order valence-corrected chi connectivity index (χ0v) is 34.8. The average Bonchev–Trinajstić information content (AvgIpc) is 4.04. The third kappa shape index (κ3) is 4.20. The number of para-hydroxylation sites is 2. The number of hydrogen-bond donors (Lipinski definition) is 0. The van der Waals surface area contributed by atoms with Crippen molar-refractivity contribution in [1.82, 2.24) is 4.48 Å². The van der Waals surface area contributed by atoms with Crippen molar-refractivity contribution in [1.29, 1.82) is 0 Å². The highest BCUT2D eigenvalue weighted by Crippen LogP contribution is 2.54. The van der Waals surface area contributed by atoms with Crippen molar-refractivity contribution in [2.75, 3.05) is 4.90 Å². The van der Waals surface area contributed by atoms with Crippen LogP contribution in [0.4, 0.5) is 17.1 Å². The lowest BCUT2D eigenvalue weighted by Gasteiger charge is -2.42. The van der Waals surface area contributed by atoms with Gasteiger partial charge in [0.1, 0.15) is 5.58 Å². The Morgan fingerprint density at radius 1 is 0.517 bits per heavy atom. The van der Waals surface area contributed by atoms with Crippen molar-refractivity contribution in [3.63, 3.8) is 0 Å². The van der Waals surface area contributed by atoms with Crippen LogP contribution in [0.3, 0.4) is 0 Å². The standard InChI is InChI=1S/C54H35BN2OS2/c1-54(2,3)31-24-25-40(37(28-31)30-14-5-4-6-15-30)56-41-26-27-45-46(35-18-9-12-23-44(35)59-45)48(41)55-47-38(29-39-32-16-8-11-22-43(32)60-53(39)51(47)56)33-19-13-20-36-49(33)57(55)50-34-17-7-10-21-42(34)58-52(36)50/h4-29H,1-3H3. The first kappa shape index (κ1) is 33.3. The molecule has 8 aromatic carbocycles. The van der Waals surface area contributed by atoms with Gasteiger partial charge in [0.25, 0.3) is 0 Å². The summed E-state index contributed by atoms with van der Waals surface area (Å²) in [5.74, 6) is 0. The highest BCUT2D eigenvalue weighted by molar-refractivity contribution is 7.27. The van der Waals surface area contributed by atoms with Gasteiger partial charge in [0.2, 0.25) is 0 Å². The lowest BCUT2D eigenvalue weighted by atomic mass is 9.44. The molecule has 0 radical (unpaired) electrons. The van der Waals surface area contributed by atoms with Gasteiger partial charge in [-0.25, -0.2) is 0 Å². The van der Waals surface area contributed by atoms with E-state index in [0.29, 0.717) is 0 Å². The summed E-state index contributed by atoms with van der Waals surface area (Å²) < 4.78 is 14.8. The van der Waals surface area contributed by atoms with E-state index in [-0.39, 0.29) is 12.3 Å². The second kappa shape index (κ2) is 11.6. The maximum absolute atomic E-state index is 6.89. The number of thiophene rings is 2. The fraction of sp³-hybridized carbons (Fsp3) is 0.0741. The van der Waals surface area contributed by atoms with E-state index in [1.54, 1.807) is 0 Å². The van der Waals surface area contributed by atoms with Crippen LogP contribution in [0.2, 0.25) is 0 Å². The lowest BCUT2D eigenvalue weighted by Crippen LogP contribution is -2.57. The van der Waals surface area contributed by atoms with Crippen molar-refractivity contribution in [3.05, 3.63) is 163 Å². The minimum Gasteiger partial charge on any atom is -0.454 e. The maximum Gasteiger partial charge on any atom is 0.333 e. The lowest BCUT2D eigenvalue weighted by molar-refractivity contribution is 0.590. The molecule has 0 saturated heterocycles. The van der Waals surface area contributed by atoms with Gasteiger partial charge in [-0.2, -0.15) is 0 Å². The second-order valence-electron chi connectivity index (χ2n) is 17.6. The number of benzene rings is 8. The predicted molar refractivity (Wildman–Crippen MR) is 260 cm³/mol. The largest absolute Gasteiger partial charge is 0.454 e. The summed E-state index contributed by atoms with van der Waals surface area (Å²) in [7, 11) is 0. The van der Waals surface area contributed by atoms with E-state index in [4.69, 9.17) is 4.42 Å². The summed E-state index contributed by atoms with van der Waals surface area (Å²) in [6, 6.07) is 59.1. The molecule has 6 heterocycles. The molecule has 0 atom stereocenters. The molecule has 0 saturated carbocycles. The van der Waals surface area contributed by atoms with Crippen molar-refractivity contribution < 1.29 is 4.42 Å². The summed E-state index contributed by atoms with van der Waals surface area (Å²) in [5.41, 5.74) is 17.0. The molecule has 12 aromatic rings. The number of nitrogens with zero attached hydrogens (tertiary/aromatic N) is 2. The van der Waals surface area contributed by atoms with Crippen molar-refractivity contribution in [2.45, 2.75) is 26.2 Å². The molecule has 14 rings (SSSR count). The van der Waals surface area contributed by atoms with Gasteiger partial charge in [0.15, 0.2) is 5.58 Å². The van der Waals surface area contributed by atoms with Gasteiger partial charge in [0, 0.05) is 58.0 Å². The van der Waals surface area contributed by atoms with Crippen molar-refractivity contribution in [3.8, 4) is 22.3 Å². The highest BCUT2D eigenvalue weighted by Gasteiger charge is 2.46. The third-order valence-corrected chi connectivity index (χ3v) is 15.7. The Hall–Kier alpha value is -6.60. The van der Waals surface area contributed by atoms with Gasteiger partial charge in [-0.1, -0.05) is 118 Å². The van der Waals surface area contributed by atoms with E-state index in [1.165, 1.54) is 107 Å². The Balaban J connectivity index is 1.24. The summed E-state index contributed by atoms with van der Waals surface area (Å²) in [4.78, 5) is 2.67. The summed E-state index contributed by atoms with van der Waals surface area (Å²) >= 11 is 3.83. The molecule has 4 aromatic heterocycles. The van der Waals surface area contributed by atoms with E-state index in [1.807, 2.05) is 22.7 Å². The molecule has 282 valence electrons. The molecule has 6 heteroatoms. The molecule has 0 aliphatic carbocycles. The number of aromatic nitrogens is 1. The topological polar surface area (TPSA) is 21.3 Å². The highest BCUT2D eigenvalue weighted by atomic mass is 32.1. The van der Waals surface area contributed by atoms with Crippen LogP contribution in [0.25, 0.3) is 95.6 Å². The third-order valence-electron chi connectivity index (χ3n) is 13.3. The molecule has 60 heavy (non-hydrogen) atoms. The predicted octanol–water partition coefficient (Wildman–Crippen LogP) is 14.7. The second-order valence-corrected chi connectivity index (χ2v) is 19.7. The summed E-state index contributed by atoms with van der Waals surface area (Å²) in [6.07, 6.45) is 0. The number of fused-ring (bicyclic) bond motifs is 17. The first-order valence-electron chi connectivity index (χ1n) is 20.8. The Morgan fingerprint density at radius 2 is 1.23 bits per heavy atom. The van der Waals surface area contributed by atoms with E-state index in [2.05, 4.69) is 188 Å². The smallest absolute Gasteiger partial charge is 0.333 e. The van der Waals surface area contributed by atoms with Crippen molar-refractivity contribution in [2.24, 2.45) is 0 Å². The van der Waals surface area contributed by atoms with Gasteiger partial charge in [-0.15, -0.1) is 22.7 Å². The van der Waals surface area contributed by atoms with Crippen molar-refractivity contribution >= 4 is 131 Å². The quantitative estimate of drug-likeness (QED) is 0.162. The molecule has 0 amide bonds. The first-order valence-corrected chi connectivity index (χ1v) is 22.4. The molecule has 0 N–H and O–H groups in total. The minimum absolute atomic E-state index is 0.0262. The summed E-state index contributed by atoms with van der Waals surface area (Å²) in [6.45, 7) is 6.84. The molecule has 0 unspecified atom stereocenters. The Kier molecular flexibility index (Phi) is 6.41. The number of rotatable bonds is 2. The van der Waals surface area contributed by atoms with Crippen LogP contribution in [0.5, 0.6) is 0 Å². The molecule has 2 aliphatic heterocycles. The normalized spacial score (nSPS) is 13.5. The molecule has 0 spiro atoms. The van der Waals surface area contributed by atoms with E-state index < -0.39 is 0 Å². The summed E-state index contributed by atoms with van der Waals surface area (Å²) in [5, 5.41) is 7.57. The zero-order chi connectivity index (χ0) is 39.6. The SMILES string of the molecule is CC(C)(C)c1ccc(N2c3ccc4sc5ccccc5c4c3B3c4c(cc5c(sc6ccccc65)c42)-c2cccc4c5oc6ccccc6c5n3c24)c(-c2ccccc2)c1. The van der Waals surface area contributed by atoms with Crippen LogP contribution in [0, 0.1) is 0 Å². The van der Waals surface area contributed by atoms with E-state index in [0.717, 1.165) is 21.9 Å². The molecule has 0 bridgehead atoms. The number of hydrogen-bond acceptors (Lipinski definition) is 4. The van der Waals surface area contributed by atoms with Crippen LogP contribution in [0.1, 0.15) is 26.3 Å². The minimum atomic E-state index is -0.123. The molecular weight excluding hydrogens is 768 g/mol. The van der Waals surface area contributed by atoms with Gasteiger partial charge < -0.3 is 13.8 Å². The van der Waals surface area contributed by atoms with Crippen LogP contribution in [-0.4, -0.2) is 11.3 Å². The Morgan fingerprint density at radius 3 is 2.07 bits per heavy atom.